The normalized spacial score (nSPS) is 10.5. The third-order valence-electron chi connectivity index (χ3n) is 1.71. The molecule has 0 spiro atoms. The van der Waals surface area contributed by atoms with Gasteiger partial charge in [-0.05, 0) is 12.1 Å². The van der Waals surface area contributed by atoms with E-state index in [1.165, 1.54) is 16.8 Å². The summed E-state index contributed by atoms with van der Waals surface area (Å²) in [5.74, 6) is 0.275. The maximum Gasteiger partial charge on any atom is 0.199 e. The Bertz CT molecular complexity index is 410. The molecule has 0 unspecified atom stereocenters. The van der Waals surface area contributed by atoms with E-state index in [1.54, 1.807) is 19.4 Å². The van der Waals surface area contributed by atoms with Crippen LogP contribution < -0.4 is 4.74 Å². The van der Waals surface area contributed by atoms with Crippen molar-refractivity contribution in [2.75, 3.05) is 7.11 Å². The fourth-order valence-corrected chi connectivity index (χ4v) is 1.13. The van der Waals surface area contributed by atoms with E-state index >= 15 is 0 Å². The molecule has 0 N–H and O–H groups in total. The Morgan fingerprint density at radius 1 is 1.50 bits per heavy atom. The highest BCUT2D eigenvalue weighted by molar-refractivity contribution is 5.58. The second-order valence-corrected chi connectivity index (χ2v) is 2.37. The molecule has 0 radical (unpaired) electrons. The molecule has 3 nitrogen and oxygen atoms in total. The summed E-state index contributed by atoms with van der Waals surface area (Å²) in [5.41, 5.74) is 0.637. The number of aromatic nitrogens is 2. The van der Waals surface area contributed by atoms with Crippen LogP contribution in [0.3, 0.4) is 0 Å². The molecule has 2 rings (SSSR count). The number of hydrogen-bond acceptors (Lipinski definition) is 2. The summed E-state index contributed by atoms with van der Waals surface area (Å²) < 4.78 is 19.3. The van der Waals surface area contributed by atoms with Crippen LogP contribution in [0.25, 0.3) is 5.52 Å². The maximum atomic E-state index is 13.0. The summed E-state index contributed by atoms with van der Waals surface area (Å²) in [5, 5.41) is 0. The molecule has 0 aliphatic heterocycles. The van der Waals surface area contributed by atoms with Gasteiger partial charge in [-0.15, -0.1) is 0 Å². The molecule has 62 valence electrons. The van der Waals surface area contributed by atoms with Crippen LogP contribution in [0.1, 0.15) is 0 Å². The van der Waals surface area contributed by atoms with Crippen LogP contribution >= 0.6 is 0 Å². The molecule has 0 atom stereocenters. The first-order valence-electron chi connectivity index (χ1n) is 3.47. The molecule has 0 saturated heterocycles. The third-order valence-corrected chi connectivity index (χ3v) is 1.71. The molecule has 4 heteroatoms. The lowest BCUT2D eigenvalue weighted by Gasteiger charge is -2.02. The van der Waals surface area contributed by atoms with Gasteiger partial charge in [-0.25, -0.2) is 4.98 Å². The predicted molar refractivity (Wildman–Crippen MR) is 41.7 cm³/mol. The molecule has 0 saturated carbocycles. The highest BCUT2D eigenvalue weighted by Crippen LogP contribution is 2.19. The number of imidazole rings is 1. The van der Waals surface area contributed by atoms with Gasteiger partial charge in [0, 0.05) is 0 Å². The van der Waals surface area contributed by atoms with Gasteiger partial charge in [-0.1, -0.05) is 0 Å². The number of rotatable bonds is 1. The third kappa shape index (κ3) is 0.845. The summed E-state index contributed by atoms with van der Waals surface area (Å²) >= 11 is 0. The Hall–Kier alpha value is -1.58. The minimum Gasteiger partial charge on any atom is -0.494 e. The second-order valence-electron chi connectivity index (χ2n) is 2.37. The van der Waals surface area contributed by atoms with Gasteiger partial charge in [-0.2, -0.15) is 4.39 Å². The Morgan fingerprint density at radius 2 is 2.33 bits per heavy atom. The Morgan fingerprint density at radius 3 is 3.08 bits per heavy atom. The van der Waals surface area contributed by atoms with Gasteiger partial charge in [0.05, 0.1) is 13.3 Å². The zero-order valence-electron chi connectivity index (χ0n) is 6.49. The lowest BCUT2D eigenvalue weighted by Crippen LogP contribution is -1.92. The van der Waals surface area contributed by atoms with E-state index in [9.17, 15) is 4.39 Å². The number of halogens is 1. The number of fused-ring (bicyclic) bond motifs is 1. The van der Waals surface area contributed by atoms with E-state index in [1.807, 2.05) is 0 Å². The van der Waals surface area contributed by atoms with Crippen molar-refractivity contribution in [2.45, 2.75) is 0 Å². The average molecular weight is 166 g/mol. The summed E-state index contributed by atoms with van der Waals surface area (Å²) in [4.78, 5) is 3.81. The monoisotopic (exact) mass is 166 g/mol. The van der Waals surface area contributed by atoms with E-state index < -0.39 is 0 Å². The molecule has 2 aromatic heterocycles. The Kier molecular flexibility index (Phi) is 1.46. The van der Waals surface area contributed by atoms with E-state index in [0.29, 0.717) is 11.3 Å². The minimum absolute atomic E-state index is 0.344. The van der Waals surface area contributed by atoms with Gasteiger partial charge >= 0.3 is 0 Å². The van der Waals surface area contributed by atoms with Gasteiger partial charge in [0.2, 0.25) is 0 Å². The van der Waals surface area contributed by atoms with Crippen LogP contribution in [0.15, 0.2) is 24.7 Å². The average Bonchev–Trinajstić information content (AvgIpc) is 2.54. The number of methoxy groups -OCH3 is 1. The molecule has 0 fully saturated rings. The highest BCUT2D eigenvalue weighted by Gasteiger charge is 2.04. The summed E-state index contributed by atoms with van der Waals surface area (Å²) in [6, 6.07) is 2.92. The standard InChI is InChI=1S/C8H7FN2O/c1-12-7-2-3-8(9)11-5-10-4-6(7)11/h2-5H,1H3. The molecule has 0 aliphatic rings. The smallest absolute Gasteiger partial charge is 0.199 e. The first kappa shape index (κ1) is 7.09. The van der Waals surface area contributed by atoms with Crippen LogP contribution in [-0.2, 0) is 0 Å². The SMILES string of the molecule is COc1ccc(F)n2cncc12. The van der Waals surface area contributed by atoms with Gasteiger partial charge in [0.1, 0.15) is 17.6 Å². The van der Waals surface area contributed by atoms with Gasteiger partial charge in [-0.3, -0.25) is 4.40 Å². The zero-order chi connectivity index (χ0) is 8.55. The van der Waals surface area contributed by atoms with Crippen LogP contribution in [0.4, 0.5) is 4.39 Å². The van der Waals surface area contributed by atoms with Crippen molar-refractivity contribution < 1.29 is 9.13 Å². The van der Waals surface area contributed by atoms with Crippen molar-refractivity contribution in [3.8, 4) is 5.75 Å². The fraction of sp³-hybridized carbons (Fsp3) is 0.125. The van der Waals surface area contributed by atoms with Crippen LogP contribution in [-0.4, -0.2) is 16.5 Å². The molecular formula is C8H7FN2O. The van der Waals surface area contributed by atoms with E-state index in [-0.39, 0.29) is 5.95 Å². The van der Waals surface area contributed by atoms with Crippen LogP contribution in [0.2, 0.25) is 0 Å². The lowest BCUT2D eigenvalue weighted by atomic mass is 10.4. The quantitative estimate of drug-likeness (QED) is 0.600. The predicted octanol–water partition coefficient (Wildman–Crippen LogP) is 1.48. The van der Waals surface area contributed by atoms with Crippen molar-refractivity contribution >= 4 is 5.52 Å². The van der Waals surface area contributed by atoms with E-state index in [0.717, 1.165) is 0 Å². The minimum atomic E-state index is -0.344. The molecule has 0 aliphatic carbocycles. The maximum absolute atomic E-state index is 13.0. The molecule has 2 aromatic rings. The molecule has 0 bridgehead atoms. The number of pyridine rings is 1. The van der Waals surface area contributed by atoms with Crippen molar-refractivity contribution in [3.63, 3.8) is 0 Å². The summed E-state index contributed by atoms with van der Waals surface area (Å²) in [6.45, 7) is 0. The number of hydrogen-bond donors (Lipinski definition) is 0. The van der Waals surface area contributed by atoms with Crippen molar-refractivity contribution in [1.29, 1.82) is 0 Å². The number of nitrogens with zero attached hydrogens (tertiary/aromatic N) is 2. The molecular weight excluding hydrogens is 159 g/mol. The van der Waals surface area contributed by atoms with Crippen molar-refractivity contribution in [2.24, 2.45) is 0 Å². The van der Waals surface area contributed by atoms with E-state index in [4.69, 9.17) is 4.74 Å². The molecule has 12 heavy (non-hydrogen) atoms. The molecule has 0 aromatic carbocycles. The summed E-state index contributed by atoms with van der Waals surface area (Å²) in [7, 11) is 1.54. The summed E-state index contributed by atoms with van der Waals surface area (Å²) in [6.07, 6.45) is 2.97. The Labute approximate surface area is 68.4 Å². The Balaban J connectivity index is 2.82. The van der Waals surface area contributed by atoms with Crippen molar-refractivity contribution in [3.05, 3.63) is 30.6 Å². The fourth-order valence-electron chi connectivity index (χ4n) is 1.13. The van der Waals surface area contributed by atoms with Gasteiger partial charge in [0.25, 0.3) is 0 Å². The zero-order valence-corrected chi connectivity index (χ0v) is 6.49. The van der Waals surface area contributed by atoms with Crippen LogP contribution in [0.5, 0.6) is 5.75 Å². The second kappa shape index (κ2) is 2.48. The van der Waals surface area contributed by atoms with Crippen molar-refractivity contribution in [1.82, 2.24) is 9.38 Å². The molecule has 2 heterocycles. The molecule has 0 amide bonds. The lowest BCUT2D eigenvalue weighted by molar-refractivity contribution is 0.415. The van der Waals surface area contributed by atoms with E-state index in [2.05, 4.69) is 4.98 Å². The number of ether oxygens (including phenoxy) is 1. The van der Waals surface area contributed by atoms with Gasteiger partial charge in [0.15, 0.2) is 5.95 Å². The first-order valence-corrected chi connectivity index (χ1v) is 3.47. The highest BCUT2D eigenvalue weighted by atomic mass is 19.1. The van der Waals surface area contributed by atoms with Crippen LogP contribution in [0, 0.1) is 5.95 Å². The first-order chi connectivity index (χ1) is 5.83. The topological polar surface area (TPSA) is 26.5 Å². The largest absolute Gasteiger partial charge is 0.494 e. The van der Waals surface area contributed by atoms with Gasteiger partial charge < -0.3 is 4.74 Å².